The quantitative estimate of drug-likeness (QED) is 0.445. The average Bonchev–Trinajstić information content (AvgIpc) is 1.37. The summed E-state index contributed by atoms with van der Waals surface area (Å²) in [5, 5.41) is 0. The monoisotopic (exact) mass is 93.0 g/mol. The van der Waals surface area contributed by atoms with Crippen LogP contribution in [0.25, 0.3) is 0 Å². The van der Waals surface area contributed by atoms with Crippen molar-refractivity contribution < 1.29 is 0 Å². The van der Waals surface area contributed by atoms with Crippen molar-refractivity contribution in [1.29, 1.82) is 0 Å². The Kier molecular flexibility index (Phi) is 15.9. The zero-order valence-corrected chi connectivity index (χ0v) is 3.57. The zero-order chi connectivity index (χ0) is 3.41. The lowest BCUT2D eigenvalue weighted by Gasteiger charge is -1.68. The molecule has 0 aliphatic heterocycles. The summed E-state index contributed by atoms with van der Waals surface area (Å²) in [7, 11) is 0. The van der Waals surface area contributed by atoms with Gasteiger partial charge in [-0.05, 0) is 0 Å². The molecule has 0 heterocycles. The van der Waals surface area contributed by atoms with Crippen LogP contribution in [0.3, 0.4) is 0 Å². The minimum atomic E-state index is 0. The van der Waals surface area contributed by atoms with E-state index in [9.17, 15) is 0 Å². The number of hydrogen-bond acceptors (Lipinski definition) is 1. The van der Waals surface area contributed by atoms with Gasteiger partial charge in [0.1, 0.15) is 0 Å². The first-order chi connectivity index (χ1) is 1.91. The number of nitrogens with two attached hydrogens (primary N) is 1. The number of alkyl halides is 1. The molecule has 0 aliphatic rings. The van der Waals surface area contributed by atoms with E-state index in [4.69, 9.17) is 17.3 Å². The van der Waals surface area contributed by atoms with Crippen LogP contribution in [0.4, 0.5) is 0 Å². The van der Waals surface area contributed by atoms with Crippen LogP contribution in [0, 0.1) is 0 Å². The Labute approximate surface area is 36.9 Å². The number of hydrogen-bond donors (Lipinski definition) is 1. The van der Waals surface area contributed by atoms with Crippen LogP contribution < -0.4 is 11.9 Å². The lowest BCUT2D eigenvalue weighted by molar-refractivity contribution is 1.14. The topological polar surface area (TPSA) is 56.5 Å². The van der Waals surface area contributed by atoms with Gasteiger partial charge in [0, 0.05) is 18.6 Å². The lowest BCUT2D eigenvalue weighted by Crippen LogP contribution is -1.97. The van der Waals surface area contributed by atoms with E-state index < -0.39 is 0 Å². The summed E-state index contributed by atoms with van der Waals surface area (Å²) in [6.45, 7) is 0.585. The van der Waals surface area contributed by atoms with E-state index in [2.05, 4.69) is 0 Å². The molecule has 0 aromatic heterocycles. The molecule has 0 fully saturated rings. The highest BCUT2D eigenvalue weighted by Crippen LogP contribution is 1.60. The van der Waals surface area contributed by atoms with E-state index in [1.165, 1.54) is 0 Å². The smallest absolute Gasteiger partial charge is 0.0346 e. The van der Waals surface area contributed by atoms with Crippen molar-refractivity contribution in [3.8, 4) is 0 Å². The Morgan fingerprint density at radius 2 is 1.80 bits per heavy atom. The fourth-order valence-corrected chi connectivity index (χ4v) is 0. The standard InChI is InChI=1S/C2H6ClN.N/c3-1-2-4;/h1-2,4H2;. The second kappa shape index (κ2) is 8.88. The van der Waals surface area contributed by atoms with E-state index in [0.717, 1.165) is 0 Å². The van der Waals surface area contributed by atoms with Crippen LogP contribution in [0.15, 0.2) is 0 Å². The third kappa shape index (κ3) is 14.0. The molecule has 0 aliphatic carbocycles. The molecule has 0 aromatic carbocycles. The third-order valence-corrected chi connectivity index (χ3v) is 0.327. The van der Waals surface area contributed by atoms with Crippen molar-refractivity contribution in [2.45, 2.75) is 0 Å². The molecule has 0 atom stereocenters. The molecular formula is C2H6ClN2. The summed E-state index contributed by atoms with van der Waals surface area (Å²) in [4.78, 5) is 0. The minimum absolute atomic E-state index is 0. The Hall–Kier alpha value is 0.210. The van der Waals surface area contributed by atoms with Crippen LogP contribution in [-0.4, -0.2) is 12.4 Å². The van der Waals surface area contributed by atoms with Gasteiger partial charge in [0.15, 0.2) is 0 Å². The first-order valence-corrected chi connectivity index (χ1v) is 1.71. The molecule has 2 N–H and O–H groups in total. The highest BCUT2D eigenvalue weighted by molar-refractivity contribution is 6.18. The highest BCUT2D eigenvalue weighted by atomic mass is 35.5. The molecule has 31 valence electrons. The van der Waals surface area contributed by atoms with Gasteiger partial charge in [0.05, 0.1) is 0 Å². The summed E-state index contributed by atoms with van der Waals surface area (Å²) < 4.78 is 0. The molecule has 0 saturated carbocycles. The van der Waals surface area contributed by atoms with Gasteiger partial charge in [0.2, 0.25) is 0 Å². The molecule has 0 amide bonds. The molecule has 0 bridgehead atoms. The average molecular weight is 93.5 g/mol. The first kappa shape index (κ1) is 8.96. The van der Waals surface area contributed by atoms with E-state index in [-0.39, 0.29) is 6.15 Å². The van der Waals surface area contributed by atoms with Crippen molar-refractivity contribution in [3.63, 3.8) is 0 Å². The van der Waals surface area contributed by atoms with Crippen molar-refractivity contribution in [2.24, 2.45) is 5.73 Å². The Morgan fingerprint density at radius 1 is 1.60 bits per heavy atom. The van der Waals surface area contributed by atoms with Gasteiger partial charge >= 0.3 is 0 Å². The van der Waals surface area contributed by atoms with Crippen molar-refractivity contribution in [3.05, 3.63) is 0 Å². The predicted octanol–water partition coefficient (Wildman–Crippen LogP) is -0.297. The van der Waals surface area contributed by atoms with Crippen LogP contribution in [-0.2, 0) is 0 Å². The second-order valence-electron chi connectivity index (χ2n) is 0.478. The second-order valence-corrected chi connectivity index (χ2v) is 0.856. The predicted molar refractivity (Wildman–Crippen MR) is 21.9 cm³/mol. The van der Waals surface area contributed by atoms with Crippen LogP contribution >= 0.6 is 11.6 Å². The maximum atomic E-state index is 5.06. The Bertz CT molecular complexity index is 9.61. The summed E-state index contributed by atoms with van der Waals surface area (Å²) >= 11 is 5.06. The van der Waals surface area contributed by atoms with Crippen LogP contribution in [0.2, 0.25) is 0 Å². The maximum Gasteiger partial charge on any atom is 0.0346 e. The van der Waals surface area contributed by atoms with E-state index in [0.29, 0.717) is 12.4 Å². The van der Waals surface area contributed by atoms with E-state index in [1.54, 1.807) is 0 Å². The molecule has 3 heteroatoms. The molecule has 0 spiro atoms. The van der Waals surface area contributed by atoms with Gasteiger partial charge in [-0.2, -0.15) is 0 Å². The molecular weight excluding hydrogens is 87.5 g/mol. The van der Waals surface area contributed by atoms with Gasteiger partial charge in [-0.1, -0.05) is 0 Å². The van der Waals surface area contributed by atoms with E-state index >= 15 is 0 Å². The van der Waals surface area contributed by atoms with Gasteiger partial charge in [0.25, 0.3) is 0 Å². The number of halogens is 1. The molecule has 3 radical (unpaired) electrons. The molecule has 0 rings (SSSR count). The van der Waals surface area contributed by atoms with Crippen LogP contribution in [0.1, 0.15) is 0 Å². The zero-order valence-electron chi connectivity index (χ0n) is 2.82. The summed E-state index contributed by atoms with van der Waals surface area (Å²) in [6, 6.07) is 0. The molecule has 2 nitrogen and oxygen atoms in total. The SMILES string of the molecule is NCCCl.[N]. The molecule has 5 heavy (non-hydrogen) atoms. The molecule has 0 aromatic rings. The van der Waals surface area contributed by atoms with Gasteiger partial charge in [-0.15, -0.1) is 11.6 Å². The fourth-order valence-electron chi connectivity index (χ4n) is 0. The van der Waals surface area contributed by atoms with Crippen molar-refractivity contribution in [1.82, 2.24) is 6.15 Å². The summed E-state index contributed by atoms with van der Waals surface area (Å²) in [5.41, 5.74) is 4.90. The Morgan fingerprint density at radius 3 is 1.80 bits per heavy atom. The summed E-state index contributed by atoms with van der Waals surface area (Å²) in [6.07, 6.45) is 0. The third-order valence-electron chi connectivity index (χ3n) is 0.109. The van der Waals surface area contributed by atoms with Gasteiger partial charge in [-0.25, -0.2) is 0 Å². The highest BCUT2D eigenvalue weighted by Gasteiger charge is 1.58. The first-order valence-electron chi connectivity index (χ1n) is 1.18. The number of rotatable bonds is 1. The lowest BCUT2D eigenvalue weighted by atomic mass is 10.8. The molecule has 0 unspecified atom stereocenters. The normalized spacial score (nSPS) is 6.00. The molecule has 0 saturated heterocycles. The van der Waals surface area contributed by atoms with Gasteiger partial charge < -0.3 is 5.73 Å². The summed E-state index contributed by atoms with van der Waals surface area (Å²) in [5.74, 6) is 0.569. The van der Waals surface area contributed by atoms with Gasteiger partial charge in [-0.3, -0.25) is 0 Å². The van der Waals surface area contributed by atoms with Crippen LogP contribution in [0.5, 0.6) is 0 Å². The fraction of sp³-hybridized carbons (Fsp3) is 1.00. The maximum absolute atomic E-state index is 5.06. The Balaban J connectivity index is 0. The van der Waals surface area contributed by atoms with Crippen molar-refractivity contribution >= 4 is 11.6 Å². The largest absolute Gasteiger partial charge is 0.329 e. The van der Waals surface area contributed by atoms with Crippen molar-refractivity contribution in [2.75, 3.05) is 12.4 Å². The van der Waals surface area contributed by atoms with E-state index in [1.807, 2.05) is 0 Å². The minimum Gasteiger partial charge on any atom is -0.329 e. The number of nitrogens with zero attached hydrogens (tertiary/aromatic N) is 1.